The van der Waals surface area contributed by atoms with Gasteiger partial charge in [-0.25, -0.2) is 33.7 Å². The number of carbonyl (C=O) groups is 2. The van der Waals surface area contributed by atoms with E-state index in [0.717, 1.165) is 22.7 Å². The molecule has 2 saturated heterocycles. The van der Waals surface area contributed by atoms with Crippen molar-refractivity contribution in [1.82, 2.24) is 34.0 Å². The number of nitrogens with zero attached hydrogens (tertiary/aromatic N) is 7. The van der Waals surface area contributed by atoms with E-state index in [4.69, 9.17) is 46.3 Å². The fourth-order valence-electron chi connectivity index (χ4n) is 6.85. The molecule has 5 heterocycles. The SMILES string of the molecule is C=CCCC(=O)N(C)C(CCc1ccc(Cl)cc1)C(=O)O[C@H]1[C@@H](O)[C@H](n2cnc3c(N)ncnc32)O[C@@H]1COP(=O)(O)O[C@H]1[C@@H](O)[C@H](n2ccc(N)nc2=O)O[C@@H]1COP(=O)(O)O. The van der Waals surface area contributed by atoms with Gasteiger partial charge in [-0.3, -0.25) is 27.5 Å². The summed E-state index contributed by atoms with van der Waals surface area (Å²) in [5, 5.41) is 23.4. The summed E-state index contributed by atoms with van der Waals surface area (Å²) in [6.07, 6.45) is -8.24. The zero-order valence-electron chi connectivity index (χ0n) is 33.1. The number of aliphatic hydroxyl groups is 2. The van der Waals surface area contributed by atoms with Crippen LogP contribution in [0.2, 0.25) is 5.02 Å². The van der Waals surface area contributed by atoms with Crippen LogP contribution in [0.5, 0.6) is 0 Å². The number of hydrogen-bond donors (Lipinski definition) is 7. The lowest BCUT2D eigenvalue weighted by atomic mass is 10.0. The van der Waals surface area contributed by atoms with E-state index in [0.29, 0.717) is 11.4 Å². The van der Waals surface area contributed by atoms with Gasteiger partial charge >= 0.3 is 27.3 Å². The van der Waals surface area contributed by atoms with Crippen LogP contribution in [0.15, 0.2) is 66.6 Å². The van der Waals surface area contributed by atoms with Crippen molar-refractivity contribution in [2.24, 2.45) is 0 Å². The molecular formula is C35H44ClN9O16P2. The molecule has 1 aromatic carbocycles. The van der Waals surface area contributed by atoms with Crippen molar-refractivity contribution in [3.8, 4) is 0 Å². The molecule has 6 rings (SSSR count). The van der Waals surface area contributed by atoms with Gasteiger partial charge in [-0.1, -0.05) is 29.8 Å². The molecule has 0 aliphatic carbocycles. The zero-order valence-corrected chi connectivity index (χ0v) is 35.7. The van der Waals surface area contributed by atoms with E-state index in [-0.39, 0.29) is 42.1 Å². The molecule has 0 bridgehead atoms. The highest BCUT2D eigenvalue weighted by molar-refractivity contribution is 7.47. The Kier molecular flexibility index (Phi) is 15.1. The van der Waals surface area contributed by atoms with Crippen LogP contribution in [-0.2, 0) is 52.9 Å². The van der Waals surface area contributed by atoms with Crippen molar-refractivity contribution in [2.45, 2.75) is 80.8 Å². The van der Waals surface area contributed by atoms with Gasteiger partial charge in [-0.05, 0) is 43.0 Å². The van der Waals surface area contributed by atoms with Gasteiger partial charge in [0.2, 0.25) is 5.91 Å². The first-order valence-electron chi connectivity index (χ1n) is 18.9. The number of amides is 1. The number of rotatable bonds is 19. The van der Waals surface area contributed by atoms with Crippen molar-refractivity contribution in [3.63, 3.8) is 0 Å². The number of ether oxygens (including phenoxy) is 3. The van der Waals surface area contributed by atoms with Crippen LogP contribution in [-0.4, -0.2) is 134 Å². The van der Waals surface area contributed by atoms with E-state index in [1.807, 2.05) is 0 Å². The van der Waals surface area contributed by atoms with Gasteiger partial charge in [0.25, 0.3) is 0 Å². The van der Waals surface area contributed by atoms with Crippen molar-refractivity contribution in [1.29, 1.82) is 0 Å². The van der Waals surface area contributed by atoms with E-state index in [1.54, 1.807) is 30.3 Å². The van der Waals surface area contributed by atoms with E-state index in [1.165, 1.54) is 28.9 Å². The standard InChI is InChI=1S/C35H44ClN9O16P2/c1-3-4-5-24(46)43(2)20(11-8-18-6-9-19(36)10-7-18)34(49)60-28-21(58-33(26(28)47)45-17-41-25-30(38)39-16-40-31(25)45)15-57-63(54,55)61-29-22(14-56-62(51,52)53)59-32(27(29)48)44-13-12-23(37)42-35(44)50/h3,6-7,9-10,12-13,16-17,20-22,26-29,32-33,47-48H,1,4-5,8,11,14-15H2,2H3,(H,54,55)(H2,37,42,50)(H2,38,39,40)(H2,51,52,53)/t20?,21-,22-,26-,27-,28-,29-,32-,33-/m1/s1. The number of esters is 1. The number of carbonyl (C=O) groups excluding carboxylic acids is 2. The highest BCUT2D eigenvalue weighted by Crippen LogP contribution is 2.50. The number of halogens is 1. The van der Waals surface area contributed by atoms with Gasteiger partial charge in [0.05, 0.1) is 19.5 Å². The molecule has 0 spiro atoms. The van der Waals surface area contributed by atoms with Gasteiger partial charge in [0, 0.05) is 24.7 Å². The second kappa shape index (κ2) is 20.0. The number of fused-ring (bicyclic) bond motifs is 1. The number of imidazole rings is 1. The zero-order chi connectivity index (χ0) is 45.8. The molecule has 2 aliphatic rings. The van der Waals surface area contributed by atoms with E-state index in [2.05, 4.69) is 31.0 Å². The second-order valence-electron chi connectivity index (χ2n) is 14.3. The van der Waals surface area contributed by atoms with Crippen molar-refractivity contribution >= 4 is 61.9 Å². The topological polar surface area (TPSA) is 359 Å². The number of aryl methyl sites for hydroxylation is 1. The van der Waals surface area contributed by atoms with E-state index >= 15 is 0 Å². The molecule has 1 amide bonds. The van der Waals surface area contributed by atoms with Crippen LogP contribution in [0.1, 0.15) is 37.3 Å². The lowest BCUT2D eigenvalue weighted by Gasteiger charge is -2.30. The predicted octanol–water partition coefficient (Wildman–Crippen LogP) is 0.367. The molecular weight excluding hydrogens is 900 g/mol. The Bertz CT molecular complexity index is 2440. The summed E-state index contributed by atoms with van der Waals surface area (Å²) in [7, 11) is -9.19. The highest BCUT2D eigenvalue weighted by atomic mass is 35.5. The van der Waals surface area contributed by atoms with Crippen LogP contribution in [0.4, 0.5) is 11.6 Å². The summed E-state index contributed by atoms with van der Waals surface area (Å²) >= 11 is 6.05. The third-order valence-corrected chi connectivity index (χ3v) is 11.8. The molecule has 2 fully saturated rings. The summed E-state index contributed by atoms with van der Waals surface area (Å²) in [4.78, 5) is 86.6. The monoisotopic (exact) mass is 943 g/mol. The molecule has 4 aromatic rings. The average Bonchev–Trinajstić information content (AvgIpc) is 3.89. The Labute approximate surface area is 362 Å². The summed E-state index contributed by atoms with van der Waals surface area (Å²) in [6, 6.07) is 6.76. The minimum Gasteiger partial charge on any atom is -0.455 e. The normalized spacial score (nSPS) is 25.1. The second-order valence-corrected chi connectivity index (χ2v) is 17.4. The molecule has 342 valence electrons. The molecule has 9 N–H and O–H groups in total. The largest absolute Gasteiger partial charge is 0.472 e. The minimum atomic E-state index is -5.43. The Morgan fingerprint density at radius 2 is 1.63 bits per heavy atom. The van der Waals surface area contributed by atoms with Crippen LogP contribution < -0.4 is 17.2 Å². The number of allylic oxidation sites excluding steroid dienone is 1. The summed E-state index contributed by atoms with van der Waals surface area (Å²) in [5.74, 6) is -1.60. The number of nitrogens with two attached hydrogens (primary N) is 2. The molecule has 63 heavy (non-hydrogen) atoms. The van der Waals surface area contributed by atoms with E-state index < -0.39 is 102 Å². The molecule has 0 saturated carbocycles. The smallest absolute Gasteiger partial charge is 0.455 e. The molecule has 3 aromatic heterocycles. The lowest BCUT2D eigenvalue weighted by Crippen LogP contribution is -2.47. The molecule has 0 radical (unpaired) electrons. The molecule has 2 aliphatic heterocycles. The molecule has 2 unspecified atom stereocenters. The van der Waals surface area contributed by atoms with Crippen LogP contribution in [0, 0.1) is 0 Å². The molecule has 10 atom stereocenters. The minimum absolute atomic E-state index is 0.0116. The Hall–Kier alpha value is -4.72. The lowest BCUT2D eigenvalue weighted by molar-refractivity contribution is -0.165. The summed E-state index contributed by atoms with van der Waals surface area (Å²) in [6.45, 7) is 1.65. The van der Waals surface area contributed by atoms with Gasteiger partial charge in [0.1, 0.15) is 54.2 Å². The van der Waals surface area contributed by atoms with E-state index in [9.17, 15) is 48.4 Å². The highest BCUT2D eigenvalue weighted by Gasteiger charge is 2.52. The Balaban J connectivity index is 1.26. The van der Waals surface area contributed by atoms with Crippen LogP contribution >= 0.6 is 27.2 Å². The number of phosphoric acid groups is 2. The molecule has 25 nitrogen and oxygen atoms in total. The van der Waals surface area contributed by atoms with Gasteiger partial charge in [0.15, 0.2) is 30.0 Å². The first-order chi connectivity index (χ1) is 29.8. The van der Waals surface area contributed by atoms with Gasteiger partial charge in [-0.2, -0.15) is 4.98 Å². The predicted molar refractivity (Wildman–Crippen MR) is 217 cm³/mol. The number of aromatic nitrogens is 6. The number of nitrogen functional groups attached to an aromatic ring is 2. The van der Waals surface area contributed by atoms with Crippen molar-refractivity contribution < 1.29 is 71.4 Å². The van der Waals surface area contributed by atoms with Crippen LogP contribution in [0.3, 0.4) is 0 Å². The maximum absolute atomic E-state index is 14.2. The molecule has 28 heteroatoms. The fraction of sp³-hybridized carbons (Fsp3) is 0.457. The third-order valence-electron chi connectivity index (χ3n) is 10.0. The first kappa shape index (κ1) is 47.8. The van der Waals surface area contributed by atoms with Crippen LogP contribution in [0.25, 0.3) is 11.2 Å². The fourth-order valence-corrected chi connectivity index (χ4v) is 8.28. The Morgan fingerprint density at radius 1 is 0.984 bits per heavy atom. The summed E-state index contributed by atoms with van der Waals surface area (Å²) in [5.41, 5.74) is 11.5. The maximum Gasteiger partial charge on any atom is 0.472 e. The number of aliphatic hydroxyl groups excluding tert-OH is 2. The van der Waals surface area contributed by atoms with Crippen molar-refractivity contribution in [3.05, 3.63) is 82.9 Å². The van der Waals surface area contributed by atoms with Gasteiger partial charge in [-0.15, -0.1) is 6.58 Å². The van der Waals surface area contributed by atoms with Crippen molar-refractivity contribution in [2.75, 3.05) is 31.7 Å². The average molecular weight is 944 g/mol. The third kappa shape index (κ3) is 11.5. The van der Waals surface area contributed by atoms with Gasteiger partial charge < -0.3 is 55.5 Å². The number of anilines is 2. The number of hydrogen-bond acceptors (Lipinski definition) is 19. The summed E-state index contributed by atoms with van der Waals surface area (Å²) < 4.78 is 59.8. The number of benzene rings is 1. The number of likely N-dealkylation sites (N-methyl/N-ethyl adjacent to an activating group) is 1. The quantitative estimate of drug-likeness (QED) is 0.0379. The number of phosphoric ester groups is 2. The first-order valence-corrected chi connectivity index (χ1v) is 22.3. The maximum atomic E-state index is 14.2. The Morgan fingerprint density at radius 3 is 2.30 bits per heavy atom.